The summed E-state index contributed by atoms with van der Waals surface area (Å²) in [5.74, 6) is -0.985. The van der Waals surface area contributed by atoms with Crippen LogP contribution in [0.2, 0.25) is 0 Å². The van der Waals surface area contributed by atoms with E-state index in [-0.39, 0.29) is 12.5 Å². The predicted octanol–water partition coefficient (Wildman–Crippen LogP) is 2.30. The molecule has 0 aromatic heterocycles. The molecule has 0 aliphatic rings. The van der Waals surface area contributed by atoms with Crippen molar-refractivity contribution in [1.82, 2.24) is 5.32 Å². The van der Waals surface area contributed by atoms with Crippen molar-refractivity contribution in [3.63, 3.8) is 0 Å². The third-order valence-corrected chi connectivity index (χ3v) is 3.64. The minimum Gasteiger partial charge on any atom is -0.484 e. The summed E-state index contributed by atoms with van der Waals surface area (Å²) >= 11 is 0. The van der Waals surface area contributed by atoms with Crippen LogP contribution in [0.4, 0.5) is 0 Å². The molecule has 2 N–H and O–H groups in total. The highest BCUT2D eigenvalue weighted by Crippen LogP contribution is 2.16. The highest BCUT2D eigenvalue weighted by molar-refractivity contribution is 5.84. The molecule has 2 atom stereocenters. The fourth-order valence-corrected chi connectivity index (χ4v) is 1.85. The average Bonchev–Trinajstić information content (AvgIpc) is 2.44. The van der Waals surface area contributed by atoms with Crippen molar-refractivity contribution in [2.45, 2.75) is 40.2 Å². The van der Waals surface area contributed by atoms with Crippen LogP contribution in [-0.4, -0.2) is 29.6 Å². The van der Waals surface area contributed by atoms with Crippen LogP contribution in [-0.2, 0) is 9.59 Å². The standard InChI is InChI=1S/C16H23NO4/c1-5-10(2)15(16(19)20)17-14(18)9-21-13-7-6-11(3)12(4)8-13/h6-8,10,15H,5,9H2,1-4H3,(H,17,18)(H,19,20)/t10?,15-/m0/s1. The molecule has 1 amide bonds. The van der Waals surface area contributed by atoms with Crippen molar-refractivity contribution in [2.75, 3.05) is 6.61 Å². The van der Waals surface area contributed by atoms with Gasteiger partial charge in [0, 0.05) is 0 Å². The summed E-state index contributed by atoms with van der Waals surface area (Å²) in [4.78, 5) is 22.9. The molecule has 0 spiro atoms. The van der Waals surface area contributed by atoms with E-state index in [4.69, 9.17) is 9.84 Å². The van der Waals surface area contributed by atoms with Crippen molar-refractivity contribution in [2.24, 2.45) is 5.92 Å². The minimum absolute atomic E-state index is 0.131. The molecule has 116 valence electrons. The fraction of sp³-hybridized carbons (Fsp3) is 0.500. The van der Waals surface area contributed by atoms with E-state index in [0.717, 1.165) is 11.1 Å². The van der Waals surface area contributed by atoms with E-state index in [1.165, 1.54) is 0 Å². The van der Waals surface area contributed by atoms with Crippen molar-refractivity contribution >= 4 is 11.9 Å². The molecule has 0 radical (unpaired) electrons. The molecule has 0 heterocycles. The first-order chi connectivity index (χ1) is 9.85. The molecule has 5 nitrogen and oxygen atoms in total. The lowest BCUT2D eigenvalue weighted by molar-refractivity contribution is -0.143. The summed E-state index contributed by atoms with van der Waals surface area (Å²) in [6.07, 6.45) is 0.676. The van der Waals surface area contributed by atoms with Crippen molar-refractivity contribution < 1.29 is 19.4 Å². The van der Waals surface area contributed by atoms with Gasteiger partial charge in [-0.05, 0) is 43.0 Å². The largest absolute Gasteiger partial charge is 0.484 e. The van der Waals surface area contributed by atoms with Crippen LogP contribution in [0.25, 0.3) is 0 Å². The molecule has 1 aromatic rings. The number of amides is 1. The normalized spacial score (nSPS) is 13.3. The van der Waals surface area contributed by atoms with Crippen LogP contribution in [0.15, 0.2) is 18.2 Å². The Labute approximate surface area is 125 Å². The highest BCUT2D eigenvalue weighted by Gasteiger charge is 2.25. The van der Waals surface area contributed by atoms with Crippen LogP contribution >= 0.6 is 0 Å². The highest BCUT2D eigenvalue weighted by atomic mass is 16.5. The molecule has 0 bridgehead atoms. The second-order valence-electron chi connectivity index (χ2n) is 5.30. The summed E-state index contributed by atoms with van der Waals surface area (Å²) in [7, 11) is 0. The van der Waals surface area contributed by atoms with E-state index in [0.29, 0.717) is 12.2 Å². The number of nitrogens with one attached hydrogen (secondary N) is 1. The van der Waals surface area contributed by atoms with Gasteiger partial charge in [0.1, 0.15) is 11.8 Å². The number of hydrogen-bond donors (Lipinski definition) is 2. The lowest BCUT2D eigenvalue weighted by atomic mass is 9.99. The van der Waals surface area contributed by atoms with Gasteiger partial charge in [-0.25, -0.2) is 4.79 Å². The smallest absolute Gasteiger partial charge is 0.326 e. The van der Waals surface area contributed by atoms with E-state index in [1.807, 2.05) is 32.9 Å². The minimum atomic E-state index is -1.02. The van der Waals surface area contributed by atoms with Crippen LogP contribution in [0, 0.1) is 19.8 Å². The number of carboxylic acid groups (broad SMARTS) is 1. The zero-order valence-electron chi connectivity index (χ0n) is 13.0. The Morgan fingerprint density at radius 2 is 1.95 bits per heavy atom. The number of aliphatic carboxylic acids is 1. The number of ether oxygens (including phenoxy) is 1. The van der Waals surface area contributed by atoms with Gasteiger partial charge < -0.3 is 15.2 Å². The maximum atomic E-state index is 11.8. The van der Waals surface area contributed by atoms with E-state index in [1.54, 1.807) is 13.0 Å². The second kappa shape index (κ2) is 7.67. The average molecular weight is 293 g/mol. The summed E-state index contributed by atoms with van der Waals surface area (Å²) in [5.41, 5.74) is 2.23. The molecule has 0 saturated carbocycles. The van der Waals surface area contributed by atoms with E-state index >= 15 is 0 Å². The van der Waals surface area contributed by atoms with Gasteiger partial charge in [0.15, 0.2) is 6.61 Å². The van der Waals surface area contributed by atoms with Gasteiger partial charge in [0.25, 0.3) is 5.91 Å². The molecule has 0 aliphatic heterocycles. The Kier molecular flexibility index (Phi) is 6.21. The summed E-state index contributed by atoms with van der Waals surface area (Å²) in [5, 5.41) is 11.6. The second-order valence-corrected chi connectivity index (χ2v) is 5.30. The van der Waals surface area contributed by atoms with Gasteiger partial charge in [-0.1, -0.05) is 26.3 Å². The summed E-state index contributed by atoms with van der Waals surface area (Å²) < 4.78 is 5.39. The summed E-state index contributed by atoms with van der Waals surface area (Å²) in [6, 6.07) is 4.68. The fourth-order valence-electron chi connectivity index (χ4n) is 1.85. The molecule has 5 heteroatoms. The maximum absolute atomic E-state index is 11.8. The number of hydrogen-bond acceptors (Lipinski definition) is 3. The lowest BCUT2D eigenvalue weighted by Gasteiger charge is -2.20. The van der Waals surface area contributed by atoms with Crippen molar-refractivity contribution in [3.8, 4) is 5.75 Å². The lowest BCUT2D eigenvalue weighted by Crippen LogP contribution is -2.46. The van der Waals surface area contributed by atoms with Gasteiger partial charge in [-0.2, -0.15) is 0 Å². The molecule has 1 unspecified atom stereocenters. The Morgan fingerprint density at radius 1 is 1.29 bits per heavy atom. The summed E-state index contributed by atoms with van der Waals surface area (Å²) in [6.45, 7) is 7.45. The first-order valence-electron chi connectivity index (χ1n) is 7.07. The molecule has 0 saturated heterocycles. The molecular formula is C16H23NO4. The number of carbonyl (C=O) groups excluding carboxylic acids is 1. The first-order valence-corrected chi connectivity index (χ1v) is 7.07. The Morgan fingerprint density at radius 3 is 2.48 bits per heavy atom. The molecule has 1 rings (SSSR count). The monoisotopic (exact) mass is 293 g/mol. The zero-order valence-corrected chi connectivity index (χ0v) is 13.0. The van der Waals surface area contributed by atoms with E-state index in [9.17, 15) is 9.59 Å². The quantitative estimate of drug-likeness (QED) is 0.809. The molecule has 21 heavy (non-hydrogen) atoms. The number of benzene rings is 1. The Balaban J connectivity index is 2.56. The molecule has 0 fully saturated rings. The number of carboxylic acids is 1. The number of carbonyl (C=O) groups is 2. The van der Waals surface area contributed by atoms with Gasteiger partial charge in [0.2, 0.25) is 0 Å². The zero-order chi connectivity index (χ0) is 16.0. The molecular weight excluding hydrogens is 270 g/mol. The predicted molar refractivity (Wildman–Crippen MR) is 80.4 cm³/mol. The topological polar surface area (TPSA) is 75.6 Å². The third-order valence-electron chi connectivity index (χ3n) is 3.64. The van der Waals surface area contributed by atoms with Gasteiger partial charge in [-0.15, -0.1) is 0 Å². The van der Waals surface area contributed by atoms with Gasteiger partial charge in [0.05, 0.1) is 0 Å². The number of aryl methyl sites for hydroxylation is 2. The van der Waals surface area contributed by atoms with E-state index in [2.05, 4.69) is 5.32 Å². The van der Waals surface area contributed by atoms with Crippen molar-refractivity contribution in [3.05, 3.63) is 29.3 Å². The van der Waals surface area contributed by atoms with Gasteiger partial charge in [-0.3, -0.25) is 4.79 Å². The van der Waals surface area contributed by atoms with Crippen molar-refractivity contribution in [1.29, 1.82) is 0 Å². The van der Waals surface area contributed by atoms with Crippen LogP contribution in [0.1, 0.15) is 31.4 Å². The molecule has 1 aromatic carbocycles. The third kappa shape index (κ3) is 5.10. The number of rotatable bonds is 7. The van der Waals surface area contributed by atoms with Crippen LogP contribution in [0.3, 0.4) is 0 Å². The van der Waals surface area contributed by atoms with Crippen LogP contribution < -0.4 is 10.1 Å². The van der Waals surface area contributed by atoms with Crippen LogP contribution in [0.5, 0.6) is 5.75 Å². The van der Waals surface area contributed by atoms with E-state index < -0.39 is 17.9 Å². The Bertz CT molecular complexity index is 513. The first kappa shape index (κ1) is 17.0. The Hall–Kier alpha value is -2.04. The maximum Gasteiger partial charge on any atom is 0.326 e. The SMILES string of the molecule is CCC(C)[C@H](NC(=O)COc1ccc(C)c(C)c1)C(=O)O. The van der Waals surface area contributed by atoms with Gasteiger partial charge >= 0.3 is 5.97 Å². The molecule has 0 aliphatic carbocycles.